The van der Waals surface area contributed by atoms with Crippen LogP contribution in [0.2, 0.25) is 0 Å². The first kappa shape index (κ1) is 14.3. The van der Waals surface area contributed by atoms with Crippen LogP contribution in [0.5, 0.6) is 5.88 Å². The molecule has 3 nitrogen and oxygen atoms in total. The highest BCUT2D eigenvalue weighted by Gasteiger charge is 2.17. The van der Waals surface area contributed by atoms with Crippen LogP contribution in [0.1, 0.15) is 52.0 Å². The number of ether oxygens (including phenoxy) is 1. The number of nitrogens with zero attached hydrogens (tertiary/aromatic N) is 1. The topological polar surface area (TPSA) is 34.2 Å². The van der Waals surface area contributed by atoms with E-state index < -0.39 is 0 Å². The number of rotatable bonds is 6. The van der Waals surface area contributed by atoms with Crippen LogP contribution in [-0.4, -0.2) is 17.1 Å². The van der Waals surface area contributed by atoms with E-state index in [0.717, 1.165) is 30.5 Å². The van der Waals surface area contributed by atoms with Crippen molar-refractivity contribution < 1.29 is 4.74 Å². The van der Waals surface area contributed by atoms with Crippen LogP contribution in [0.3, 0.4) is 0 Å². The van der Waals surface area contributed by atoms with Gasteiger partial charge in [0.25, 0.3) is 0 Å². The highest BCUT2D eigenvalue weighted by atomic mass is 16.5. The van der Waals surface area contributed by atoms with E-state index in [4.69, 9.17) is 4.74 Å². The predicted molar refractivity (Wildman–Crippen MR) is 78.3 cm³/mol. The third-order valence-electron chi connectivity index (χ3n) is 3.65. The summed E-state index contributed by atoms with van der Waals surface area (Å²) in [7, 11) is 0. The first-order chi connectivity index (χ1) is 9.04. The fraction of sp³-hybridized carbons (Fsp3) is 0.688. The minimum Gasteiger partial charge on any atom is -0.477 e. The SMILES string of the molecule is CC(C)(C)NCc1cccnc1OCCC1CCC1. The second-order valence-electron chi connectivity index (χ2n) is 6.51. The molecule has 0 amide bonds. The molecule has 1 saturated carbocycles. The Hall–Kier alpha value is -1.09. The van der Waals surface area contributed by atoms with Gasteiger partial charge in [-0.25, -0.2) is 4.98 Å². The molecule has 3 heteroatoms. The summed E-state index contributed by atoms with van der Waals surface area (Å²) in [5, 5.41) is 3.48. The molecule has 19 heavy (non-hydrogen) atoms. The number of nitrogens with one attached hydrogen (secondary N) is 1. The van der Waals surface area contributed by atoms with Crippen LogP contribution in [0.15, 0.2) is 18.3 Å². The van der Waals surface area contributed by atoms with Crippen molar-refractivity contribution in [2.75, 3.05) is 6.61 Å². The molecular formula is C16H26N2O. The highest BCUT2D eigenvalue weighted by Crippen LogP contribution is 2.29. The van der Waals surface area contributed by atoms with Crippen molar-refractivity contribution in [1.29, 1.82) is 0 Å². The van der Waals surface area contributed by atoms with Crippen LogP contribution in [-0.2, 0) is 6.54 Å². The third-order valence-corrected chi connectivity index (χ3v) is 3.65. The Morgan fingerprint density at radius 1 is 1.37 bits per heavy atom. The number of pyridine rings is 1. The van der Waals surface area contributed by atoms with E-state index in [9.17, 15) is 0 Å². The van der Waals surface area contributed by atoms with E-state index in [1.165, 1.54) is 25.7 Å². The zero-order chi connectivity index (χ0) is 13.7. The summed E-state index contributed by atoms with van der Waals surface area (Å²) in [5.41, 5.74) is 1.25. The molecule has 1 fully saturated rings. The average molecular weight is 262 g/mol. The Morgan fingerprint density at radius 3 is 2.79 bits per heavy atom. The van der Waals surface area contributed by atoms with Crippen molar-refractivity contribution >= 4 is 0 Å². The van der Waals surface area contributed by atoms with E-state index in [0.29, 0.717) is 0 Å². The lowest BCUT2D eigenvalue weighted by molar-refractivity contribution is 0.215. The van der Waals surface area contributed by atoms with Gasteiger partial charge in [-0.15, -0.1) is 0 Å². The molecule has 0 unspecified atom stereocenters. The molecule has 0 aromatic carbocycles. The van der Waals surface area contributed by atoms with Gasteiger partial charge in [0.15, 0.2) is 0 Å². The lowest BCUT2D eigenvalue weighted by atomic mass is 9.83. The summed E-state index contributed by atoms with van der Waals surface area (Å²) in [6.45, 7) is 8.10. The first-order valence-electron chi connectivity index (χ1n) is 7.36. The maximum absolute atomic E-state index is 5.86. The first-order valence-corrected chi connectivity index (χ1v) is 7.36. The van der Waals surface area contributed by atoms with Gasteiger partial charge in [-0.2, -0.15) is 0 Å². The molecule has 1 heterocycles. The molecule has 1 aliphatic carbocycles. The number of hydrogen-bond donors (Lipinski definition) is 1. The maximum atomic E-state index is 5.86. The van der Waals surface area contributed by atoms with Crippen molar-refractivity contribution in [2.45, 2.75) is 58.5 Å². The standard InChI is InChI=1S/C16H26N2O/c1-16(2,3)18-12-14-8-5-10-17-15(14)19-11-9-13-6-4-7-13/h5,8,10,13,18H,4,6-7,9,11-12H2,1-3H3. The molecule has 0 saturated heterocycles. The Bertz CT molecular complexity index is 394. The van der Waals surface area contributed by atoms with Gasteiger partial charge in [0.1, 0.15) is 0 Å². The molecule has 1 aromatic heterocycles. The average Bonchev–Trinajstić information content (AvgIpc) is 2.30. The summed E-state index contributed by atoms with van der Waals surface area (Å²) < 4.78 is 5.86. The molecule has 1 N–H and O–H groups in total. The van der Waals surface area contributed by atoms with Gasteiger partial charge in [0, 0.05) is 23.8 Å². The largest absolute Gasteiger partial charge is 0.477 e. The normalized spacial score (nSPS) is 16.2. The van der Waals surface area contributed by atoms with Crippen molar-refractivity contribution in [2.24, 2.45) is 5.92 Å². The monoisotopic (exact) mass is 262 g/mol. The maximum Gasteiger partial charge on any atom is 0.217 e. The molecule has 0 bridgehead atoms. The van der Waals surface area contributed by atoms with Gasteiger partial charge >= 0.3 is 0 Å². The van der Waals surface area contributed by atoms with E-state index in [1.54, 1.807) is 6.20 Å². The third kappa shape index (κ3) is 4.83. The van der Waals surface area contributed by atoms with Crippen LogP contribution in [0, 0.1) is 5.92 Å². The molecule has 106 valence electrons. The Kier molecular flexibility index (Phi) is 4.81. The van der Waals surface area contributed by atoms with Gasteiger partial charge in [0.2, 0.25) is 5.88 Å². The molecule has 0 atom stereocenters. The fourth-order valence-electron chi connectivity index (χ4n) is 2.15. The predicted octanol–water partition coefficient (Wildman–Crippen LogP) is 3.54. The van der Waals surface area contributed by atoms with Crippen LogP contribution >= 0.6 is 0 Å². The molecular weight excluding hydrogens is 236 g/mol. The highest BCUT2D eigenvalue weighted by molar-refractivity contribution is 5.25. The van der Waals surface area contributed by atoms with Crippen molar-refractivity contribution in [1.82, 2.24) is 10.3 Å². The zero-order valence-corrected chi connectivity index (χ0v) is 12.4. The van der Waals surface area contributed by atoms with E-state index in [2.05, 4.69) is 37.1 Å². The summed E-state index contributed by atoms with van der Waals surface area (Å²) >= 11 is 0. The quantitative estimate of drug-likeness (QED) is 0.851. The lowest BCUT2D eigenvalue weighted by Crippen LogP contribution is -2.35. The second-order valence-corrected chi connectivity index (χ2v) is 6.51. The Balaban J connectivity index is 1.84. The summed E-state index contributed by atoms with van der Waals surface area (Å²) in [6.07, 6.45) is 7.13. The van der Waals surface area contributed by atoms with Gasteiger partial charge in [-0.05, 0) is 39.2 Å². The van der Waals surface area contributed by atoms with Crippen LogP contribution < -0.4 is 10.1 Å². The molecule has 1 aliphatic rings. The summed E-state index contributed by atoms with van der Waals surface area (Å²) in [5.74, 6) is 1.68. The molecule has 2 rings (SSSR count). The second kappa shape index (κ2) is 6.38. The van der Waals surface area contributed by atoms with Crippen LogP contribution in [0.4, 0.5) is 0 Å². The van der Waals surface area contributed by atoms with E-state index in [-0.39, 0.29) is 5.54 Å². The van der Waals surface area contributed by atoms with Gasteiger partial charge in [-0.3, -0.25) is 0 Å². The zero-order valence-electron chi connectivity index (χ0n) is 12.4. The number of aromatic nitrogens is 1. The Morgan fingerprint density at radius 2 is 2.16 bits per heavy atom. The van der Waals surface area contributed by atoms with E-state index in [1.807, 2.05) is 6.07 Å². The van der Waals surface area contributed by atoms with E-state index >= 15 is 0 Å². The van der Waals surface area contributed by atoms with Crippen molar-refractivity contribution in [3.63, 3.8) is 0 Å². The fourth-order valence-corrected chi connectivity index (χ4v) is 2.15. The van der Waals surface area contributed by atoms with Gasteiger partial charge in [-0.1, -0.05) is 25.3 Å². The molecule has 1 aromatic rings. The molecule has 0 aliphatic heterocycles. The Labute approximate surface area is 116 Å². The summed E-state index contributed by atoms with van der Waals surface area (Å²) in [4.78, 5) is 4.36. The van der Waals surface area contributed by atoms with Gasteiger partial charge < -0.3 is 10.1 Å². The smallest absolute Gasteiger partial charge is 0.217 e. The van der Waals surface area contributed by atoms with Crippen LogP contribution in [0.25, 0.3) is 0 Å². The van der Waals surface area contributed by atoms with Crippen molar-refractivity contribution in [3.05, 3.63) is 23.9 Å². The van der Waals surface area contributed by atoms with Crippen molar-refractivity contribution in [3.8, 4) is 5.88 Å². The van der Waals surface area contributed by atoms with Gasteiger partial charge in [0.05, 0.1) is 6.61 Å². The lowest BCUT2D eigenvalue weighted by Gasteiger charge is -2.25. The minimum atomic E-state index is 0.110. The number of hydrogen-bond acceptors (Lipinski definition) is 3. The molecule has 0 radical (unpaired) electrons. The molecule has 0 spiro atoms. The minimum absolute atomic E-state index is 0.110. The summed E-state index contributed by atoms with van der Waals surface area (Å²) in [6, 6.07) is 4.06.